The largest absolute Gasteiger partial charge is 0.373 e. The highest BCUT2D eigenvalue weighted by molar-refractivity contribution is 6.30. The lowest BCUT2D eigenvalue weighted by Gasteiger charge is -2.28. The summed E-state index contributed by atoms with van der Waals surface area (Å²) in [5.41, 5.74) is 3.46. The van der Waals surface area contributed by atoms with Crippen LogP contribution >= 0.6 is 11.6 Å². The number of aromatic nitrogens is 5. The van der Waals surface area contributed by atoms with Gasteiger partial charge in [-0.2, -0.15) is 5.10 Å². The fourth-order valence-electron chi connectivity index (χ4n) is 4.51. The molecule has 1 aliphatic carbocycles. The van der Waals surface area contributed by atoms with Gasteiger partial charge in [-0.1, -0.05) is 11.6 Å². The molecular formula is C25H23ClFN5O. The molecule has 0 amide bonds. The summed E-state index contributed by atoms with van der Waals surface area (Å²) in [5.74, 6) is 0.341. The quantitative estimate of drug-likeness (QED) is 0.373. The molecule has 1 aliphatic heterocycles. The van der Waals surface area contributed by atoms with Crippen LogP contribution in [0.3, 0.4) is 0 Å². The number of hydrogen-bond acceptors (Lipinski definition) is 5. The van der Waals surface area contributed by atoms with Crippen molar-refractivity contribution < 1.29 is 9.13 Å². The molecular weight excluding hydrogens is 441 g/mol. The van der Waals surface area contributed by atoms with Crippen molar-refractivity contribution in [3.8, 4) is 11.3 Å². The van der Waals surface area contributed by atoms with E-state index >= 15 is 0 Å². The third-order valence-electron chi connectivity index (χ3n) is 6.47. The Morgan fingerprint density at radius 2 is 1.97 bits per heavy atom. The zero-order valence-electron chi connectivity index (χ0n) is 18.2. The summed E-state index contributed by atoms with van der Waals surface area (Å²) in [6.07, 6.45) is 7.88. The number of hydrogen-bond donors (Lipinski definition) is 0. The average molecular weight is 464 g/mol. The minimum atomic E-state index is -0.411. The van der Waals surface area contributed by atoms with Crippen LogP contribution in [0.2, 0.25) is 5.02 Å². The second kappa shape index (κ2) is 8.15. The molecule has 1 saturated carbocycles. The molecule has 2 unspecified atom stereocenters. The summed E-state index contributed by atoms with van der Waals surface area (Å²) in [7, 11) is 0. The number of aryl methyl sites for hydroxylation is 1. The van der Waals surface area contributed by atoms with Crippen molar-refractivity contribution in [1.82, 2.24) is 24.7 Å². The molecule has 6 nitrogen and oxygen atoms in total. The van der Waals surface area contributed by atoms with Gasteiger partial charge in [0.2, 0.25) is 0 Å². The van der Waals surface area contributed by atoms with Crippen molar-refractivity contribution in [3.05, 3.63) is 70.6 Å². The van der Waals surface area contributed by atoms with Crippen molar-refractivity contribution in [2.45, 2.75) is 50.7 Å². The minimum Gasteiger partial charge on any atom is -0.373 e. The third kappa shape index (κ3) is 4.00. The third-order valence-corrected chi connectivity index (χ3v) is 6.70. The van der Waals surface area contributed by atoms with Crippen LogP contribution in [0.1, 0.15) is 60.8 Å². The molecule has 0 bridgehead atoms. The fraction of sp³-hybridized carbons (Fsp3) is 0.360. The maximum atomic E-state index is 14.9. The van der Waals surface area contributed by atoms with Gasteiger partial charge in [0, 0.05) is 46.0 Å². The SMILES string of the molecule is Cc1ccc2c(-c3ccc(Cl)cc3F)nc(C3CCOC(c4cnn(C5CC5)c4)C3)nc2n1. The van der Waals surface area contributed by atoms with Crippen LogP contribution in [-0.4, -0.2) is 31.3 Å². The second-order valence-corrected chi connectivity index (χ2v) is 9.38. The van der Waals surface area contributed by atoms with E-state index in [1.165, 1.54) is 18.9 Å². The van der Waals surface area contributed by atoms with Gasteiger partial charge in [-0.3, -0.25) is 4.68 Å². The van der Waals surface area contributed by atoms with Crippen LogP contribution in [0.15, 0.2) is 42.7 Å². The summed E-state index contributed by atoms with van der Waals surface area (Å²) < 4.78 is 23.0. The van der Waals surface area contributed by atoms with Gasteiger partial charge in [0.1, 0.15) is 11.6 Å². The van der Waals surface area contributed by atoms with E-state index in [-0.39, 0.29) is 12.0 Å². The van der Waals surface area contributed by atoms with Gasteiger partial charge < -0.3 is 4.74 Å². The number of fused-ring (bicyclic) bond motifs is 1. The summed E-state index contributed by atoms with van der Waals surface area (Å²) in [6.45, 7) is 2.53. The van der Waals surface area contributed by atoms with Crippen molar-refractivity contribution in [2.75, 3.05) is 6.61 Å². The van der Waals surface area contributed by atoms with E-state index in [1.54, 1.807) is 12.1 Å². The lowest BCUT2D eigenvalue weighted by molar-refractivity contribution is 0.00396. The van der Waals surface area contributed by atoms with E-state index < -0.39 is 5.82 Å². The second-order valence-electron chi connectivity index (χ2n) is 8.94. The zero-order valence-corrected chi connectivity index (χ0v) is 19.0. The first-order valence-electron chi connectivity index (χ1n) is 11.3. The Labute approximate surface area is 195 Å². The molecule has 2 aliphatic rings. The van der Waals surface area contributed by atoms with Gasteiger partial charge in [0.05, 0.1) is 24.0 Å². The van der Waals surface area contributed by atoms with Crippen LogP contribution in [0.4, 0.5) is 4.39 Å². The first kappa shape index (κ1) is 20.7. The Bertz CT molecular complexity index is 1350. The zero-order chi connectivity index (χ0) is 22.5. The first-order chi connectivity index (χ1) is 16.0. The van der Waals surface area contributed by atoms with Gasteiger partial charge in [-0.15, -0.1) is 0 Å². The number of benzene rings is 1. The van der Waals surface area contributed by atoms with Crippen molar-refractivity contribution in [1.29, 1.82) is 0 Å². The molecule has 0 radical (unpaired) electrons. The standard InChI is InChI=1S/C25H23ClFN5O/c1-14-2-6-20-23(19-7-3-17(26)11-21(19)27)30-24(31-25(20)29-14)15-8-9-33-22(10-15)16-12-28-32(13-16)18-4-5-18/h2-3,6-7,11-13,15,18,22H,4-5,8-10H2,1H3. The van der Waals surface area contributed by atoms with Crippen LogP contribution in [0.25, 0.3) is 22.3 Å². The Hall–Kier alpha value is -2.90. The van der Waals surface area contributed by atoms with Crippen molar-refractivity contribution >= 4 is 22.6 Å². The van der Waals surface area contributed by atoms with Gasteiger partial charge >= 0.3 is 0 Å². The molecule has 1 aromatic carbocycles. The van der Waals surface area contributed by atoms with E-state index in [4.69, 9.17) is 26.3 Å². The van der Waals surface area contributed by atoms with E-state index in [2.05, 4.69) is 16.3 Å². The van der Waals surface area contributed by atoms with Crippen LogP contribution in [0, 0.1) is 12.7 Å². The molecule has 0 N–H and O–H groups in total. The predicted octanol–water partition coefficient (Wildman–Crippen LogP) is 5.96. The highest BCUT2D eigenvalue weighted by Crippen LogP contribution is 2.40. The lowest BCUT2D eigenvalue weighted by Crippen LogP contribution is -2.20. The molecule has 6 rings (SSSR count). The molecule has 2 fully saturated rings. The predicted molar refractivity (Wildman–Crippen MR) is 124 cm³/mol. The Morgan fingerprint density at radius 3 is 2.79 bits per heavy atom. The van der Waals surface area contributed by atoms with Crippen molar-refractivity contribution in [2.24, 2.45) is 0 Å². The normalized spacial score (nSPS) is 20.9. The average Bonchev–Trinajstić information content (AvgIpc) is 3.54. The maximum Gasteiger partial charge on any atom is 0.163 e. The number of pyridine rings is 1. The molecule has 4 heterocycles. The van der Waals surface area contributed by atoms with Crippen LogP contribution < -0.4 is 0 Å². The van der Waals surface area contributed by atoms with E-state index in [0.717, 1.165) is 29.5 Å². The highest BCUT2D eigenvalue weighted by Gasteiger charge is 2.31. The number of ether oxygens (including phenoxy) is 1. The van der Waals surface area contributed by atoms with Gasteiger partial charge in [0.15, 0.2) is 5.65 Å². The Morgan fingerprint density at radius 1 is 1.09 bits per heavy atom. The number of halogens is 2. The van der Waals surface area contributed by atoms with Gasteiger partial charge in [-0.05, 0) is 62.9 Å². The van der Waals surface area contributed by atoms with Gasteiger partial charge in [0.25, 0.3) is 0 Å². The lowest BCUT2D eigenvalue weighted by atomic mass is 9.92. The smallest absolute Gasteiger partial charge is 0.163 e. The minimum absolute atomic E-state index is 0.0586. The molecule has 1 saturated heterocycles. The molecule has 168 valence electrons. The molecule has 2 atom stereocenters. The monoisotopic (exact) mass is 463 g/mol. The van der Waals surface area contributed by atoms with E-state index in [9.17, 15) is 4.39 Å². The molecule has 3 aromatic heterocycles. The molecule has 33 heavy (non-hydrogen) atoms. The van der Waals surface area contributed by atoms with Gasteiger partial charge in [-0.25, -0.2) is 19.3 Å². The van der Waals surface area contributed by atoms with E-state index in [1.807, 2.05) is 29.9 Å². The number of rotatable bonds is 4. The molecule has 4 aromatic rings. The Balaban J connectivity index is 1.39. The van der Waals surface area contributed by atoms with Crippen LogP contribution in [-0.2, 0) is 4.74 Å². The van der Waals surface area contributed by atoms with E-state index in [0.29, 0.717) is 40.4 Å². The maximum absolute atomic E-state index is 14.9. The van der Waals surface area contributed by atoms with Crippen LogP contribution in [0.5, 0.6) is 0 Å². The summed E-state index contributed by atoms with van der Waals surface area (Å²) in [6, 6.07) is 9.00. The number of nitrogens with zero attached hydrogens (tertiary/aromatic N) is 5. The van der Waals surface area contributed by atoms with Crippen molar-refractivity contribution in [3.63, 3.8) is 0 Å². The Kier molecular flexibility index (Phi) is 5.11. The topological polar surface area (TPSA) is 65.7 Å². The summed E-state index contributed by atoms with van der Waals surface area (Å²) >= 11 is 5.99. The first-order valence-corrected chi connectivity index (χ1v) is 11.7. The summed E-state index contributed by atoms with van der Waals surface area (Å²) in [5, 5.41) is 5.59. The fourth-order valence-corrected chi connectivity index (χ4v) is 4.67. The molecule has 0 spiro atoms. The molecule has 8 heteroatoms. The highest BCUT2D eigenvalue weighted by atomic mass is 35.5. The summed E-state index contributed by atoms with van der Waals surface area (Å²) in [4.78, 5) is 14.3.